The summed E-state index contributed by atoms with van der Waals surface area (Å²) in [5, 5.41) is 0. The first kappa shape index (κ1) is 12.1. The maximum Gasteiger partial charge on any atom is 0.149 e. The number of Topliss-reactive ketones (excluding diaryl/α,β-unsaturated/α-hetero) is 1. The van der Waals surface area contributed by atoms with Crippen molar-refractivity contribution in [2.45, 2.75) is 51.7 Å². The molecule has 0 N–H and O–H groups in total. The smallest absolute Gasteiger partial charge is 0.149 e. The Hall–Kier alpha value is -0.410. The lowest BCUT2D eigenvalue weighted by Gasteiger charge is -2.35. The molecule has 2 atom stereocenters. The first-order chi connectivity index (χ1) is 7.65. The predicted octanol–water partition coefficient (Wildman–Crippen LogP) is 1.85. The van der Waals surface area contributed by atoms with E-state index in [1.54, 1.807) is 0 Å². The molecular formula is C13H23NO2. The molecule has 92 valence electrons. The van der Waals surface area contributed by atoms with Gasteiger partial charge in [0, 0.05) is 19.0 Å². The highest BCUT2D eigenvalue weighted by atomic mass is 16.5. The van der Waals surface area contributed by atoms with Gasteiger partial charge in [0.1, 0.15) is 5.78 Å². The van der Waals surface area contributed by atoms with Crippen molar-refractivity contribution < 1.29 is 9.53 Å². The maximum absolute atomic E-state index is 12.0. The second-order valence-corrected chi connectivity index (χ2v) is 5.40. The second-order valence-electron chi connectivity index (χ2n) is 5.40. The number of nitrogens with zero attached hydrogens (tertiary/aromatic N) is 1. The van der Waals surface area contributed by atoms with Gasteiger partial charge >= 0.3 is 0 Å². The van der Waals surface area contributed by atoms with E-state index in [0.717, 1.165) is 25.9 Å². The first-order valence-electron chi connectivity index (χ1n) is 6.55. The molecule has 1 aliphatic carbocycles. The van der Waals surface area contributed by atoms with Crippen LogP contribution < -0.4 is 0 Å². The summed E-state index contributed by atoms with van der Waals surface area (Å²) in [6, 6.07) is 0. The van der Waals surface area contributed by atoms with E-state index in [9.17, 15) is 4.79 Å². The largest absolute Gasteiger partial charge is 0.373 e. The van der Waals surface area contributed by atoms with Crippen molar-refractivity contribution in [3.05, 3.63) is 0 Å². The third kappa shape index (κ3) is 3.05. The number of hydrogen-bond donors (Lipinski definition) is 0. The molecule has 0 radical (unpaired) electrons. The van der Waals surface area contributed by atoms with Gasteiger partial charge in [0.15, 0.2) is 0 Å². The Morgan fingerprint density at radius 2 is 1.75 bits per heavy atom. The van der Waals surface area contributed by atoms with Gasteiger partial charge in [-0.2, -0.15) is 0 Å². The van der Waals surface area contributed by atoms with Crippen molar-refractivity contribution >= 4 is 5.78 Å². The third-order valence-electron chi connectivity index (χ3n) is 3.69. The van der Waals surface area contributed by atoms with Crippen LogP contribution in [0.15, 0.2) is 0 Å². The summed E-state index contributed by atoms with van der Waals surface area (Å²) in [7, 11) is 0. The predicted molar refractivity (Wildman–Crippen MR) is 63.4 cm³/mol. The van der Waals surface area contributed by atoms with E-state index >= 15 is 0 Å². The molecule has 3 heteroatoms. The van der Waals surface area contributed by atoms with Gasteiger partial charge in [0.25, 0.3) is 0 Å². The molecule has 1 aliphatic heterocycles. The standard InChI is InChI=1S/C13H23NO2/c1-10-7-14(8-11(2)16-10)9-13(15)12-5-3-4-6-12/h10-12H,3-9H2,1-2H3. The lowest BCUT2D eigenvalue weighted by atomic mass is 10.0. The normalized spacial score (nSPS) is 33.1. The Morgan fingerprint density at radius 3 is 2.31 bits per heavy atom. The summed E-state index contributed by atoms with van der Waals surface area (Å²) in [5.74, 6) is 0.812. The van der Waals surface area contributed by atoms with Gasteiger partial charge in [-0.15, -0.1) is 0 Å². The number of morpholine rings is 1. The van der Waals surface area contributed by atoms with Crippen molar-refractivity contribution in [2.24, 2.45) is 5.92 Å². The summed E-state index contributed by atoms with van der Waals surface area (Å²) in [6.07, 6.45) is 5.25. The van der Waals surface area contributed by atoms with E-state index in [1.165, 1.54) is 12.8 Å². The quantitative estimate of drug-likeness (QED) is 0.734. The van der Waals surface area contributed by atoms with Crippen LogP contribution >= 0.6 is 0 Å². The van der Waals surface area contributed by atoms with Crippen LogP contribution in [0.2, 0.25) is 0 Å². The molecule has 1 saturated heterocycles. The molecule has 2 rings (SSSR count). The number of ketones is 1. The van der Waals surface area contributed by atoms with Gasteiger partial charge in [-0.05, 0) is 26.7 Å². The summed E-state index contributed by atoms with van der Waals surface area (Å²) >= 11 is 0. The number of carbonyl (C=O) groups excluding carboxylic acids is 1. The van der Waals surface area contributed by atoms with E-state index < -0.39 is 0 Å². The topological polar surface area (TPSA) is 29.5 Å². The van der Waals surface area contributed by atoms with Gasteiger partial charge in [-0.1, -0.05) is 12.8 Å². The minimum Gasteiger partial charge on any atom is -0.373 e. The Morgan fingerprint density at radius 1 is 1.19 bits per heavy atom. The van der Waals surface area contributed by atoms with Crippen LogP contribution in [0.3, 0.4) is 0 Å². The molecule has 0 aromatic heterocycles. The Kier molecular flexibility index (Phi) is 3.98. The summed E-state index contributed by atoms with van der Waals surface area (Å²) in [5.41, 5.74) is 0. The number of rotatable bonds is 3. The highest BCUT2D eigenvalue weighted by molar-refractivity contribution is 5.83. The minimum atomic E-state index is 0.264. The molecule has 0 amide bonds. The number of hydrogen-bond acceptors (Lipinski definition) is 3. The van der Waals surface area contributed by atoms with Crippen LogP contribution in [0.25, 0.3) is 0 Å². The van der Waals surface area contributed by atoms with Crippen LogP contribution in [0.1, 0.15) is 39.5 Å². The lowest BCUT2D eigenvalue weighted by Crippen LogP contribution is -2.47. The van der Waals surface area contributed by atoms with Gasteiger partial charge in [0.05, 0.1) is 18.8 Å². The molecular weight excluding hydrogens is 202 g/mol. The summed E-state index contributed by atoms with van der Waals surface area (Å²) in [4.78, 5) is 14.3. The van der Waals surface area contributed by atoms with E-state index in [4.69, 9.17) is 4.74 Å². The van der Waals surface area contributed by atoms with Crippen LogP contribution in [-0.4, -0.2) is 42.5 Å². The van der Waals surface area contributed by atoms with Crippen molar-refractivity contribution in [2.75, 3.05) is 19.6 Å². The monoisotopic (exact) mass is 225 g/mol. The van der Waals surface area contributed by atoms with E-state index in [-0.39, 0.29) is 12.2 Å². The zero-order valence-corrected chi connectivity index (χ0v) is 10.4. The van der Waals surface area contributed by atoms with Crippen molar-refractivity contribution in [3.63, 3.8) is 0 Å². The van der Waals surface area contributed by atoms with E-state index in [0.29, 0.717) is 18.2 Å². The van der Waals surface area contributed by atoms with Gasteiger partial charge in [0.2, 0.25) is 0 Å². The maximum atomic E-state index is 12.0. The molecule has 0 spiro atoms. The van der Waals surface area contributed by atoms with Gasteiger partial charge < -0.3 is 4.74 Å². The zero-order chi connectivity index (χ0) is 11.5. The molecule has 0 aromatic carbocycles. The minimum absolute atomic E-state index is 0.264. The van der Waals surface area contributed by atoms with Crippen molar-refractivity contribution in [3.8, 4) is 0 Å². The fourth-order valence-electron chi connectivity index (χ4n) is 3.01. The van der Waals surface area contributed by atoms with Crippen LogP contribution in [0.5, 0.6) is 0 Å². The van der Waals surface area contributed by atoms with Crippen LogP contribution in [0, 0.1) is 5.92 Å². The summed E-state index contributed by atoms with van der Waals surface area (Å²) < 4.78 is 5.67. The van der Waals surface area contributed by atoms with E-state index in [2.05, 4.69) is 18.7 Å². The molecule has 2 fully saturated rings. The number of carbonyl (C=O) groups is 1. The van der Waals surface area contributed by atoms with E-state index in [1.807, 2.05) is 0 Å². The zero-order valence-electron chi connectivity index (χ0n) is 10.4. The highest BCUT2D eigenvalue weighted by Gasteiger charge is 2.28. The van der Waals surface area contributed by atoms with Gasteiger partial charge in [-0.25, -0.2) is 0 Å². The molecule has 16 heavy (non-hydrogen) atoms. The highest BCUT2D eigenvalue weighted by Crippen LogP contribution is 2.26. The number of ether oxygens (including phenoxy) is 1. The Bertz CT molecular complexity index is 238. The molecule has 0 aromatic rings. The SMILES string of the molecule is CC1CN(CC(=O)C2CCCC2)CC(C)O1. The first-order valence-corrected chi connectivity index (χ1v) is 6.55. The van der Waals surface area contributed by atoms with Crippen LogP contribution in [-0.2, 0) is 9.53 Å². The fourth-order valence-corrected chi connectivity index (χ4v) is 3.01. The Labute approximate surface area is 98.1 Å². The molecule has 1 heterocycles. The average Bonchev–Trinajstić information content (AvgIpc) is 2.68. The molecule has 0 bridgehead atoms. The molecule has 2 unspecified atom stereocenters. The lowest BCUT2D eigenvalue weighted by molar-refractivity contribution is -0.127. The fraction of sp³-hybridized carbons (Fsp3) is 0.923. The molecule has 2 aliphatic rings. The second kappa shape index (κ2) is 5.28. The average molecular weight is 225 g/mol. The van der Waals surface area contributed by atoms with Crippen molar-refractivity contribution in [1.82, 2.24) is 4.90 Å². The summed E-state index contributed by atoms with van der Waals surface area (Å²) in [6.45, 7) is 6.62. The Balaban J connectivity index is 1.81. The third-order valence-corrected chi connectivity index (χ3v) is 3.69. The van der Waals surface area contributed by atoms with Crippen LogP contribution in [0.4, 0.5) is 0 Å². The molecule has 3 nitrogen and oxygen atoms in total. The van der Waals surface area contributed by atoms with Gasteiger partial charge in [-0.3, -0.25) is 9.69 Å². The molecule has 1 saturated carbocycles. The van der Waals surface area contributed by atoms with Crippen molar-refractivity contribution in [1.29, 1.82) is 0 Å².